The number of aromatic nitrogens is 1. The molecular weight excluding hydrogens is 363 g/mol. The third-order valence-corrected chi connectivity index (χ3v) is 6.16. The summed E-state index contributed by atoms with van der Waals surface area (Å²) in [7, 11) is -3.81. The summed E-state index contributed by atoms with van der Waals surface area (Å²) in [6.45, 7) is 0. The number of hydrogen-bond donors (Lipinski definition) is 1. The highest BCUT2D eigenvalue weighted by Crippen LogP contribution is 2.34. The number of hydrogen-bond acceptors (Lipinski definition) is 3. The Morgan fingerprint density at radius 3 is 2.52 bits per heavy atom. The molecule has 1 fully saturated rings. The van der Waals surface area contributed by atoms with E-state index in [1.165, 1.54) is 12.3 Å². The van der Waals surface area contributed by atoms with Crippen LogP contribution in [0.2, 0.25) is 5.02 Å². The van der Waals surface area contributed by atoms with Crippen LogP contribution >= 0.6 is 11.6 Å². The molecule has 0 atom stereocenters. The fourth-order valence-corrected chi connectivity index (χ4v) is 4.56. The first-order chi connectivity index (χ1) is 12.0. The van der Waals surface area contributed by atoms with E-state index in [9.17, 15) is 12.8 Å². The summed E-state index contributed by atoms with van der Waals surface area (Å²) >= 11 is 6.23. The molecule has 0 saturated heterocycles. The first kappa shape index (κ1) is 16.4. The minimum absolute atomic E-state index is 0.0139. The van der Waals surface area contributed by atoms with Crippen molar-refractivity contribution in [3.8, 4) is 11.1 Å². The van der Waals surface area contributed by atoms with E-state index in [-0.39, 0.29) is 21.3 Å². The van der Waals surface area contributed by atoms with E-state index in [1.807, 2.05) is 30.3 Å². The fraction of sp³-hybridized carbons (Fsp3) is 0.167. The van der Waals surface area contributed by atoms with Gasteiger partial charge >= 0.3 is 0 Å². The van der Waals surface area contributed by atoms with E-state index < -0.39 is 15.8 Å². The number of pyridine rings is 1. The molecule has 0 amide bonds. The SMILES string of the molecule is O=S(=O)(NC1CC1)c1cnc2cc(-c3ccccc3)cc(F)c2c1Cl. The zero-order valence-corrected chi connectivity index (χ0v) is 14.6. The van der Waals surface area contributed by atoms with Gasteiger partial charge in [0.2, 0.25) is 10.0 Å². The van der Waals surface area contributed by atoms with Gasteiger partial charge in [-0.05, 0) is 36.1 Å². The molecule has 4 rings (SSSR count). The van der Waals surface area contributed by atoms with E-state index in [2.05, 4.69) is 9.71 Å². The Morgan fingerprint density at radius 1 is 1.12 bits per heavy atom. The largest absolute Gasteiger partial charge is 0.255 e. The van der Waals surface area contributed by atoms with E-state index in [0.717, 1.165) is 18.4 Å². The Hall–Kier alpha value is -2.02. The minimum Gasteiger partial charge on any atom is -0.255 e. The summed E-state index contributed by atoms with van der Waals surface area (Å²) in [5, 5.41) is -0.129. The molecule has 7 heteroatoms. The normalized spacial score (nSPS) is 14.8. The molecule has 2 aromatic carbocycles. The van der Waals surface area contributed by atoms with Crippen LogP contribution in [-0.2, 0) is 10.0 Å². The average Bonchev–Trinajstić information content (AvgIpc) is 3.38. The molecule has 3 aromatic rings. The third-order valence-electron chi connectivity index (χ3n) is 4.12. The smallest absolute Gasteiger partial charge is 0.243 e. The maximum absolute atomic E-state index is 14.7. The van der Waals surface area contributed by atoms with Gasteiger partial charge in [0, 0.05) is 12.2 Å². The monoisotopic (exact) mass is 376 g/mol. The van der Waals surface area contributed by atoms with Crippen LogP contribution in [0.25, 0.3) is 22.0 Å². The highest BCUT2D eigenvalue weighted by molar-refractivity contribution is 7.89. The van der Waals surface area contributed by atoms with Crippen molar-refractivity contribution in [2.24, 2.45) is 0 Å². The van der Waals surface area contributed by atoms with Crippen LogP contribution in [0, 0.1) is 5.82 Å². The van der Waals surface area contributed by atoms with Crippen molar-refractivity contribution in [2.75, 3.05) is 0 Å². The molecule has 0 radical (unpaired) electrons. The van der Waals surface area contributed by atoms with Crippen molar-refractivity contribution >= 4 is 32.5 Å². The summed E-state index contributed by atoms with van der Waals surface area (Å²) in [5.74, 6) is -0.600. The van der Waals surface area contributed by atoms with E-state index in [4.69, 9.17) is 11.6 Å². The topological polar surface area (TPSA) is 59.1 Å². The molecular formula is C18H14ClFN2O2S. The van der Waals surface area contributed by atoms with Crippen LogP contribution in [0.4, 0.5) is 4.39 Å². The molecule has 4 nitrogen and oxygen atoms in total. The molecule has 1 saturated carbocycles. The molecule has 128 valence electrons. The van der Waals surface area contributed by atoms with Crippen LogP contribution in [0.3, 0.4) is 0 Å². The van der Waals surface area contributed by atoms with Gasteiger partial charge in [0.15, 0.2) is 0 Å². The lowest BCUT2D eigenvalue weighted by molar-refractivity contribution is 0.581. The van der Waals surface area contributed by atoms with Gasteiger partial charge < -0.3 is 0 Å². The molecule has 25 heavy (non-hydrogen) atoms. The Bertz CT molecular complexity index is 1070. The molecule has 1 heterocycles. The van der Waals surface area contributed by atoms with Crippen molar-refractivity contribution in [3.05, 3.63) is 59.5 Å². The van der Waals surface area contributed by atoms with Gasteiger partial charge in [0.05, 0.1) is 15.9 Å². The van der Waals surface area contributed by atoms with Gasteiger partial charge in [-0.3, -0.25) is 4.98 Å². The number of halogens is 2. The Morgan fingerprint density at radius 2 is 1.84 bits per heavy atom. The number of nitrogens with zero attached hydrogens (tertiary/aromatic N) is 1. The van der Waals surface area contributed by atoms with Gasteiger partial charge in [0.25, 0.3) is 0 Å². The van der Waals surface area contributed by atoms with Gasteiger partial charge in [-0.15, -0.1) is 0 Å². The van der Waals surface area contributed by atoms with Crippen molar-refractivity contribution in [3.63, 3.8) is 0 Å². The van der Waals surface area contributed by atoms with E-state index in [1.54, 1.807) is 6.07 Å². The maximum atomic E-state index is 14.7. The summed E-state index contributed by atoms with van der Waals surface area (Å²) in [5.41, 5.74) is 1.81. The number of sulfonamides is 1. The number of rotatable bonds is 4. The van der Waals surface area contributed by atoms with Crippen molar-refractivity contribution in [1.82, 2.24) is 9.71 Å². The van der Waals surface area contributed by atoms with Crippen LogP contribution in [0.1, 0.15) is 12.8 Å². The van der Waals surface area contributed by atoms with Crippen molar-refractivity contribution in [1.29, 1.82) is 0 Å². The highest BCUT2D eigenvalue weighted by atomic mass is 35.5. The van der Waals surface area contributed by atoms with Crippen LogP contribution in [-0.4, -0.2) is 19.4 Å². The fourth-order valence-electron chi connectivity index (χ4n) is 2.69. The Balaban J connectivity index is 1.86. The lowest BCUT2D eigenvalue weighted by atomic mass is 10.0. The molecule has 1 N–H and O–H groups in total. The Labute approximate surface area is 149 Å². The minimum atomic E-state index is -3.81. The Kier molecular flexibility index (Phi) is 3.98. The van der Waals surface area contributed by atoms with Crippen molar-refractivity contribution in [2.45, 2.75) is 23.8 Å². The second-order valence-corrected chi connectivity index (χ2v) is 8.11. The standard InChI is InChI=1S/C18H14ClFN2O2S/c19-18-16(25(23,24)22-13-6-7-13)10-21-15-9-12(8-14(20)17(15)18)11-4-2-1-3-5-11/h1-5,8-10,13,22H,6-7H2. The zero-order chi connectivity index (χ0) is 17.6. The molecule has 1 aliphatic carbocycles. The van der Waals surface area contributed by atoms with Gasteiger partial charge in [0.1, 0.15) is 10.7 Å². The number of benzene rings is 2. The van der Waals surface area contributed by atoms with Crippen LogP contribution in [0.5, 0.6) is 0 Å². The van der Waals surface area contributed by atoms with Gasteiger partial charge in [-0.2, -0.15) is 0 Å². The van der Waals surface area contributed by atoms with Gasteiger partial charge in [-0.1, -0.05) is 41.9 Å². The predicted octanol–water partition coefficient (Wildman–Crippen LogP) is 4.14. The van der Waals surface area contributed by atoms with E-state index >= 15 is 0 Å². The molecule has 0 spiro atoms. The second-order valence-electron chi connectivity index (χ2n) is 6.05. The highest BCUT2D eigenvalue weighted by Gasteiger charge is 2.30. The summed E-state index contributed by atoms with van der Waals surface area (Å²) in [4.78, 5) is 3.94. The lowest BCUT2D eigenvalue weighted by Gasteiger charge is -2.11. The quantitative estimate of drug-likeness (QED) is 0.744. The second kappa shape index (κ2) is 6.05. The summed E-state index contributed by atoms with van der Waals surface area (Å²) in [6, 6.07) is 12.3. The van der Waals surface area contributed by atoms with Crippen LogP contribution in [0.15, 0.2) is 53.6 Å². The molecule has 0 bridgehead atoms. The predicted molar refractivity (Wildman–Crippen MR) is 95.5 cm³/mol. The third kappa shape index (κ3) is 3.13. The first-order valence-corrected chi connectivity index (χ1v) is 9.67. The van der Waals surface area contributed by atoms with E-state index in [0.29, 0.717) is 11.1 Å². The number of nitrogens with one attached hydrogen (secondary N) is 1. The lowest BCUT2D eigenvalue weighted by Crippen LogP contribution is -2.26. The van der Waals surface area contributed by atoms with Crippen LogP contribution < -0.4 is 4.72 Å². The molecule has 0 aliphatic heterocycles. The molecule has 0 unspecified atom stereocenters. The zero-order valence-electron chi connectivity index (χ0n) is 13.0. The summed E-state index contributed by atoms with van der Waals surface area (Å²) < 4.78 is 42.0. The maximum Gasteiger partial charge on any atom is 0.243 e. The number of fused-ring (bicyclic) bond motifs is 1. The van der Waals surface area contributed by atoms with Gasteiger partial charge in [-0.25, -0.2) is 17.5 Å². The molecule has 1 aromatic heterocycles. The first-order valence-electron chi connectivity index (χ1n) is 7.81. The summed E-state index contributed by atoms with van der Waals surface area (Å²) in [6.07, 6.45) is 2.78. The molecule has 1 aliphatic rings. The average molecular weight is 377 g/mol. The van der Waals surface area contributed by atoms with Crippen molar-refractivity contribution < 1.29 is 12.8 Å².